The minimum atomic E-state index is -3.75. The van der Waals surface area contributed by atoms with Gasteiger partial charge in [-0.15, -0.1) is 0 Å². The standard InChI is InChI=1S/C18H26NO10P/c1-4-25-17(20)16(30(24,27-5-2)28-6-3)8-7-13-26-18(21)29-15-11-9-14(10-12-15)19(22)23/h9-12,16H,4-8,13H2,1-3H3. The van der Waals surface area contributed by atoms with Crippen molar-refractivity contribution in [3.05, 3.63) is 34.4 Å². The van der Waals surface area contributed by atoms with Gasteiger partial charge in [0, 0.05) is 12.1 Å². The number of ether oxygens (including phenoxy) is 3. The van der Waals surface area contributed by atoms with Crippen LogP contribution in [0.15, 0.2) is 24.3 Å². The average Bonchev–Trinajstić information content (AvgIpc) is 2.68. The quantitative estimate of drug-likeness (QED) is 0.108. The molecule has 1 atom stereocenters. The Kier molecular flexibility index (Phi) is 11.0. The SMILES string of the molecule is CCOC(=O)C(CCCOC(=O)Oc1ccc([N+](=O)[O-])cc1)P(=O)(OCC)OCC. The van der Waals surface area contributed by atoms with Crippen LogP contribution >= 0.6 is 7.60 Å². The largest absolute Gasteiger partial charge is 0.513 e. The van der Waals surface area contributed by atoms with Crippen molar-refractivity contribution in [1.29, 1.82) is 0 Å². The van der Waals surface area contributed by atoms with E-state index in [1.54, 1.807) is 20.8 Å². The van der Waals surface area contributed by atoms with Crippen molar-refractivity contribution in [3.63, 3.8) is 0 Å². The zero-order chi connectivity index (χ0) is 22.6. The van der Waals surface area contributed by atoms with Gasteiger partial charge in [0.1, 0.15) is 5.75 Å². The van der Waals surface area contributed by atoms with Gasteiger partial charge in [0.2, 0.25) is 0 Å². The molecule has 1 rings (SSSR count). The van der Waals surface area contributed by atoms with Gasteiger partial charge in [-0.05, 0) is 45.7 Å². The maximum Gasteiger partial charge on any atom is 0.513 e. The minimum absolute atomic E-state index is 0.0426. The van der Waals surface area contributed by atoms with Gasteiger partial charge in [-0.2, -0.15) is 0 Å². The van der Waals surface area contributed by atoms with E-state index in [4.69, 9.17) is 23.3 Å². The molecule has 0 saturated heterocycles. The number of nitro groups is 1. The molecule has 12 heteroatoms. The summed E-state index contributed by atoms with van der Waals surface area (Å²) in [5.74, 6) is -0.636. The second kappa shape index (κ2) is 12.9. The van der Waals surface area contributed by atoms with Crippen LogP contribution in [0.3, 0.4) is 0 Å². The molecule has 1 aromatic rings. The Labute approximate surface area is 174 Å². The zero-order valence-electron chi connectivity index (χ0n) is 17.1. The maximum atomic E-state index is 12.9. The van der Waals surface area contributed by atoms with E-state index in [2.05, 4.69) is 0 Å². The normalized spacial score (nSPS) is 12.1. The van der Waals surface area contributed by atoms with Crippen molar-refractivity contribution >= 4 is 25.4 Å². The van der Waals surface area contributed by atoms with E-state index in [9.17, 15) is 24.3 Å². The monoisotopic (exact) mass is 447 g/mol. The van der Waals surface area contributed by atoms with Gasteiger partial charge in [0.25, 0.3) is 5.69 Å². The smallest absolute Gasteiger partial charge is 0.465 e. The van der Waals surface area contributed by atoms with Gasteiger partial charge in [-0.3, -0.25) is 19.5 Å². The fraction of sp³-hybridized carbons (Fsp3) is 0.556. The van der Waals surface area contributed by atoms with E-state index >= 15 is 0 Å². The highest BCUT2D eigenvalue weighted by Crippen LogP contribution is 2.55. The van der Waals surface area contributed by atoms with Gasteiger partial charge in [-0.1, -0.05) is 0 Å². The molecule has 0 saturated carbocycles. The topological polar surface area (TPSA) is 140 Å². The van der Waals surface area contributed by atoms with E-state index in [-0.39, 0.29) is 50.7 Å². The van der Waals surface area contributed by atoms with Crippen LogP contribution in [0, 0.1) is 10.1 Å². The molecule has 0 bridgehead atoms. The van der Waals surface area contributed by atoms with Crippen molar-refractivity contribution in [1.82, 2.24) is 0 Å². The predicted octanol–water partition coefficient (Wildman–Crippen LogP) is 4.09. The number of rotatable bonds is 13. The second-order valence-corrected chi connectivity index (χ2v) is 7.96. The van der Waals surface area contributed by atoms with Crippen molar-refractivity contribution in [2.24, 2.45) is 0 Å². The summed E-state index contributed by atoms with van der Waals surface area (Å²) < 4.78 is 38.2. The Hall–Kier alpha value is -2.49. The number of hydrogen-bond donors (Lipinski definition) is 0. The molecule has 0 amide bonds. The first-order valence-corrected chi connectivity index (χ1v) is 11.0. The molecular weight excluding hydrogens is 421 g/mol. The van der Waals surface area contributed by atoms with Gasteiger partial charge in [0.15, 0.2) is 5.66 Å². The fourth-order valence-electron chi connectivity index (χ4n) is 2.41. The van der Waals surface area contributed by atoms with Crippen LogP contribution in [0.2, 0.25) is 0 Å². The van der Waals surface area contributed by atoms with Crippen molar-refractivity contribution in [2.75, 3.05) is 26.4 Å². The lowest BCUT2D eigenvalue weighted by atomic mass is 10.2. The molecule has 0 aliphatic rings. The number of nitro benzene ring substituents is 1. The minimum Gasteiger partial charge on any atom is -0.465 e. The lowest BCUT2D eigenvalue weighted by Crippen LogP contribution is -2.26. The molecule has 1 unspecified atom stereocenters. The van der Waals surface area contributed by atoms with Gasteiger partial charge < -0.3 is 23.3 Å². The van der Waals surface area contributed by atoms with Crippen LogP contribution in [0.25, 0.3) is 0 Å². The molecular formula is C18H26NO10P. The van der Waals surface area contributed by atoms with Crippen LogP contribution in [-0.2, 0) is 27.9 Å². The maximum absolute atomic E-state index is 12.9. The summed E-state index contributed by atoms with van der Waals surface area (Å²) in [6.45, 7) is 5.04. The molecule has 0 radical (unpaired) electrons. The van der Waals surface area contributed by atoms with Crippen molar-refractivity contribution in [3.8, 4) is 5.75 Å². The molecule has 0 N–H and O–H groups in total. The first-order valence-electron chi connectivity index (χ1n) is 9.41. The summed E-state index contributed by atoms with van der Waals surface area (Å²) in [7, 11) is -3.75. The molecule has 0 fully saturated rings. The van der Waals surface area contributed by atoms with Crippen LogP contribution in [0.1, 0.15) is 33.6 Å². The van der Waals surface area contributed by atoms with E-state index < -0.39 is 30.3 Å². The van der Waals surface area contributed by atoms with Gasteiger partial charge >= 0.3 is 19.7 Å². The van der Waals surface area contributed by atoms with E-state index in [1.807, 2.05) is 0 Å². The van der Waals surface area contributed by atoms with Gasteiger partial charge in [-0.25, -0.2) is 4.79 Å². The third-order valence-electron chi connectivity index (χ3n) is 3.65. The van der Waals surface area contributed by atoms with Crippen molar-refractivity contribution < 1.29 is 42.3 Å². The van der Waals surface area contributed by atoms with Crippen molar-refractivity contribution in [2.45, 2.75) is 39.3 Å². The van der Waals surface area contributed by atoms with Crippen LogP contribution < -0.4 is 4.74 Å². The highest BCUT2D eigenvalue weighted by atomic mass is 31.2. The highest BCUT2D eigenvalue weighted by molar-refractivity contribution is 7.55. The van der Waals surface area contributed by atoms with E-state index in [0.29, 0.717) is 0 Å². The molecule has 1 aromatic carbocycles. The lowest BCUT2D eigenvalue weighted by Gasteiger charge is -2.24. The number of carbonyl (C=O) groups is 2. The summed E-state index contributed by atoms with van der Waals surface area (Å²) in [5.41, 5.74) is -1.29. The summed E-state index contributed by atoms with van der Waals surface area (Å²) in [6, 6.07) is 4.89. The molecule has 0 aliphatic heterocycles. The number of esters is 1. The Bertz CT molecular complexity index is 742. The average molecular weight is 447 g/mol. The Morgan fingerprint density at radius 3 is 2.13 bits per heavy atom. The third kappa shape index (κ3) is 8.10. The van der Waals surface area contributed by atoms with E-state index in [0.717, 1.165) is 0 Å². The molecule has 0 aliphatic carbocycles. The summed E-state index contributed by atoms with van der Waals surface area (Å²) in [6.07, 6.45) is -0.807. The number of benzene rings is 1. The van der Waals surface area contributed by atoms with Gasteiger partial charge in [0.05, 0.1) is 31.4 Å². The predicted molar refractivity (Wildman–Crippen MR) is 106 cm³/mol. The summed E-state index contributed by atoms with van der Waals surface area (Å²) in [5, 5.41) is 10.6. The van der Waals surface area contributed by atoms with E-state index in [1.165, 1.54) is 24.3 Å². The van der Waals surface area contributed by atoms with Crippen LogP contribution in [0.5, 0.6) is 5.75 Å². The third-order valence-corrected chi connectivity index (χ3v) is 6.12. The molecule has 0 spiro atoms. The number of carbonyl (C=O) groups excluding carboxylic acids is 2. The zero-order valence-corrected chi connectivity index (χ0v) is 18.0. The number of nitrogens with zero attached hydrogens (tertiary/aromatic N) is 1. The first-order chi connectivity index (χ1) is 14.3. The lowest BCUT2D eigenvalue weighted by molar-refractivity contribution is -0.384. The summed E-state index contributed by atoms with van der Waals surface area (Å²) in [4.78, 5) is 34.0. The second-order valence-electron chi connectivity index (χ2n) is 5.74. The number of hydrogen-bond acceptors (Lipinski definition) is 10. The molecule has 11 nitrogen and oxygen atoms in total. The molecule has 168 valence electrons. The Balaban J connectivity index is 2.61. The fourth-order valence-corrected chi connectivity index (χ4v) is 4.40. The first kappa shape index (κ1) is 25.5. The van der Waals surface area contributed by atoms with Crippen LogP contribution in [-0.4, -0.2) is 49.1 Å². The molecule has 30 heavy (non-hydrogen) atoms. The molecule has 0 heterocycles. The highest BCUT2D eigenvalue weighted by Gasteiger charge is 2.41. The Morgan fingerprint density at radius 1 is 1.03 bits per heavy atom. The summed E-state index contributed by atoms with van der Waals surface area (Å²) >= 11 is 0. The number of non-ortho nitro benzene ring substituents is 1. The molecule has 0 aromatic heterocycles. The van der Waals surface area contributed by atoms with Crippen LogP contribution in [0.4, 0.5) is 10.5 Å². The Morgan fingerprint density at radius 2 is 1.63 bits per heavy atom.